The van der Waals surface area contributed by atoms with Crippen LogP contribution in [0.4, 0.5) is 28.9 Å². The van der Waals surface area contributed by atoms with Gasteiger partial charge < -0.3 is 5.32 Å². The molecule has 0 spiro atoms. The molecule has 2 aromatic rings. The minimum absolute atomic E-state index is 0.173. The summed E-state index contributed by atoms with van der Waals surface area (Å²) in [7, 11) is 0. The highest BCUT2D eigenvalue weighted by Gasteiger charge is 2.32. The number of anilines is 1. The van der Waals surface area contributed by atoms with Gasteiger partial charge in [0.05, 0.1) is 9.95 Å². The number of carbonyl (C=O) groups is 1. The molecular formula is C15H13ClF4N4O3. The second kappa shape index (κ2) is 7.91. The van der Waals surface area contributed by atoms with Crippen LogP contribution in [0.15, 0.2) is 18.2 Å². The fourth-order valence-electron chi connectivity index (χ4n) is 2.32. The second-order valence-electron chi connectivity index (χ2n) is 5.57. The topological polar surface area (TPSA) is 90.1 Å². The number of alkyl halides is 4. The molecule has 1 unspecified atom stereocenters. The van der Waals surface area contributed by atoms with Gasteiger partial charge in [0.2, 0.25) is 5.91 Å². The summed E-state index contributed by atoms with van der Waals surface area (Å²) in [5, 5.41) is 15.7. The summed E-state index contributed by atoms with van der Waals surface area (Å²) in [5.41, 5.74) is -2.13. The van der Waals surface area contributed by atoms with Gasteiger partial charge in [-0.1, -0.05) is 17.7 Å². The minimum Gasteiger partial charge on any atom is -0.319 e. The zero-order valence-electron chi connectivity index (χ0n) is 13.9. The van der Waals surface area contributed by atoms with E-state index in [0.717, 1.165) is 6.92 Å². The molecule has 0 saturated heterocycles. The van der Waals surface area contributed by atoms with Crippen molar-refractivity contribution in [2.75, 3.05) is 5.32 Å². The predicted octanol–water partition coefficient (Wildman–Crippen LogP) is 4.83. The Morgan fingerprint density at radius 2 is 1.93 bits per heavy atom. The van der Waals surface area contributed by atoms with Gasteiger partial charge in [-0.05, 0) is 25.5 Å². The molecule has 0 aliphatic rings. The Kier molecular flexibility index (Phi) is 6.04. The zero-order valence-corrected chi connectivity index (χ0v) is 14.7. The first-order valence-corrected chi connectivity index (χ1v) is 7.82. The Bertz CT molecular complexity index is 888. The van der Waals surface area contributed by atoms with Crippen LogP contribution in [0.2, 0.25) is 5.02 Å². The van der Waals surface area contributed by atoms with Gasteiger partial charge >= 0.3 is 0 Å². The highest BCUT2D eigenvalue weighted by Crippen LogP contribution is 2.36. The molecule has 12 heteroatoms. The summed E-state index contributed by atoms with van der Waals surface area (Å²) >= 11 is 5.55. The van der Waals surface area contributed by atoms with E-state index in [4.69, 9.17) is 11.6 Å². The van der Waals surface area contributed by atoms with Crippen molar-refractivity contribution in [1.29, 1.82) is 0 Å². The lowest BCUT2D eigenvalue weighted by Crippen LogP contribution is -2.26. The molecule has 2 rings (SSSR count). The first kappa shape index (κ1) is 20.6. The highest BCUT2D eigenvalue weighted by atomic mass is 35.5. The lowest BCUT2D eigenvalue weighted by Gasteiger charge is -2.15. The van der Waals surface area contributed by atoms with Gasteiger partial charge in [-0.3, -0.25) is 14.9 Å². The predicted molar refractivity (Wildman–Crippen MR) is 88.3 cm³/mol. The van der Waals surface area contributed by atoms with Crippen LogP contribution in [0, 0.1) is 17.0 Å². The molecule has 0 radical (unpaired) electrons. The van der Waals surface area contributed by atoms with E-state index in [-0.39, 0.29) is 5.69 Å². The molecule has 1 aromatic heterocycles. The van der Waals surface area contributed by atoms with E-state index in [1.54, 1.807) is 6.92 Å². The van der Waals surface area contributed by atoms with Gasteiger partial charge in [0.15, 0.2) is 0 Å². The third-order valence-corrected chi connectivity index (χ3v) is 4.07. The van der Waals surface area contributed by atoms with Crippen LogP contribution in [0.1, 0.15) is 42.8 Å². The van der Waals surface area contributed by atoms with Crippen LogP contribution < -0.4 is 5.32 Å². The van der Waals surface area contributed by atoms with E-state index in [2.05, 4.69) is 10.4 Å². The van der Waals surface area contributed by atoms with Crippen molar-refractivity contribution in [3.8, 4) is 0 Å². The maximum Gasteiger partial charge on any atom is 0.293 e. The van der Waals surface area contributed by atoms with Crippen molar-refractivity contribution in [2.24, 2.45) is 0 Å². The molecule has 7 nitrogen and oxygen atoms in total. The minimum atomic E-state index is -3.26. The Balaban J connectivity index is 2.39. The van der Waals surface area contributed by atoms with Crippen LogP contribution in [0.25, 0.3) is 0 Å². The highest BCUT2D eigenvalue weighted by molar-refractivity contribution is 6.32. The maximum atomic E-state index is 13.2. The molecule has 27 heavy (non-hydrogen) atoms. The fourth-order valence-corrected chi connectivity index (χ4v) is 2.61. The van der Waals surface area contributed by atoms with E-state index >= 15 is 0 Å². The third kappa shape index (κ3) is 4.18. The number of hydrogen-bond donors (Lipinski definition) is 1. The summed E-state index contributed by atoms with van der Waals surface area (Å²) in [6.45, 7) is 2.73. The molecule has 0 aliphatic heterocycles. The molecule has 1 aromatic carbocycles. The number of halogens is 5. The summed E-state index contributed by atoms with van der Waals surface area (Å²) in [5.74, 6) is -0.969. The summed E-state index contributed by atoms with van der Waals surface area (Å²) < 4.78 is 52.6. The van der Waals surface area contributed by atoms with Crippen molar-refractivity contribution in [3.05, 3.63) is 50.3 Å². The number of benzene rings is 1. The van der Waals surface area contributed by atoms with Crippen molar-refractivity contribution >= 4 is 28.9 Å². The largest absolute Gasteiger partial charge is 0.319 e. The smallest absolute Gasteiger partial charge is 0.293 e. The van der Waals surface area contributed by atoms with Crippen LogP contribution in [0.5, 0.6) is 0 Å². The number of nitro benzene ring substituents is 1. The summed E-state index contributed by atoms with van der Waals surface area (Å²) in [6, 6.07) is 2.49. The van der Waals surface area contributed by atoms with E-state index in [1.807, 2.05) is 0 Å². The van der Waals surface area contributed by atoms with Crippen LogP contribution >= 0.6 is 11.6 Å². The molecule has 146 valence electrons. The van der Waals surface area contributed by atoms with Gasteiger partial charge in [-0.2, -0.15) is 5.10 Å². The number of rotatable bonds is 6. The normalized spacial score (nSPS) is 12.5. The Hall–Kier alpha value is -2.69. The molecule has 0 saturated carbocycles. The average molecular weight is 409 g/mol. The van der Waals surface area contributed by atoms with Crippen molar-refractivity contribution in [3.63, 3.8) is 0 Å². The zero-order chi connectivity index (χ0) is 20.5. The van der Waals surface area contributed by atoms with Crippen molar-refractivity contribution < 1.29 is 27.3 Å². The first-order valence-electron chi connectivity index (χ1n) is 7.44. The SMILES string of the molecule is Cc1ccc(NC(=O)C(C)n2nc(C(F)F)c(Cl)c2C(F)F)c([N+](=O)[O-])c1. The van der Waals surface area contributed by atoms with Gasteiger partial charge in [-0.15, -0.1) is 0 Å². The third-order valence-electron chi connectivity index (χ3n) is 3.68. The summed E-state index contributed by atoms with van der Waals surface area (Å²) in [4.78, 5) is 22.7. The van der Waals surface area contributed by atoms with Crippen molar-refractivity contribution in [1.82, 2.24) is 9.78 Å². The molecule has 1 amide bonds. The standard InChI is InChI=1S/C15H13ClF4N4O3/c1-6-3-4-8(9(5-6)24(26)27)21-15(25)7(2)23-12(14(19)20)10(16)11(22-23)13(17)18/h3-5,7,13-14H,1-2H3,(H,21,25). The number of amides is 1. The monoisotopic (exact) mass is 408 g/mol. The number of carbonyl (C=O) groups excluding carboxylic acids is 1. The number of nitro groups is 1. The number of aromatic nitrogens is 2. The Labute approximate surface area is 155 Å². The van der Waals surface area contributed by atoms with Gasteiger partial charge in [0.1, 0.15) is 23.1 Å². The number of nitrogens with one attached hydrogen (secondary N) is 1. The van der Waals surface area contributed by atoms with Gasteiger partial charge in [-0.25, -0.2) is 22.2 Å². The van der Waals surface area contributed by atoms with Crippen molar-refractivity contribution in [2.45, 2.75) is 32.7 Å². The fraction of sp³-hybridized carbons (Fsp3) is 0.333. The maximum absolute atomic E-state index is 13.2. The van der Waals surface area contributed by atoms with E-state index < -0.39 is 51.8 Å². The lowest BCUT2D eigenvalue weighted by molar-refractivity contribution is -0.384. The quantitative estimate of drug-likeness (QED) is 0.421. The Morgan fingerprint density at radius 1 is 1.30 bits per heavy atom. The van der Waals surface area contributed by atoms with Crippen LogP contribution in [-0.4, -0.2) is 20.6 Å². The van der Waals surface area contributed by atoms with Crippen LogP contribution in [0.3, 0.4) is 0 Å². The molecule has 1 N–H and O–H groups in total. The van der Waals surface area contributed by atoms with E-state index in [1.165, 1.54) is 18.2 Å². The number of hydrogen-bond acceptors (Lipinski definition) is 4. The molecule has 0 fully saturated rings. The summed E-state index contributed by atoms with van der Waals surface area (Å²) in [6.07, 6.45) is -6.48. The van der Waals surface area contributed by atoms with E-state index in [9.17, 15) is 32.5 Å². The molecular weight excluding hydrogens is 396 g/mol. The molecule has 1 atom stereocenters. The van der Waals surface area contributed by atoms with Gasteiger partial charge in [0, 0.05) is 6.07 Å². The van der Waals surface area contributed by atoms with Crippen LogP contribution in [-0.2, 0) is 4.79 Å². The number of nitrogens with zero attached hydrogens (tertiary/aromatic N) is 3. The van der Waals surface area contributed by atoms with Gasteiger partial charge in [0.25, 0.3) is 18.5 Å². The molecule has 1 heterocycles. The lowest BCUT2D eigenvalue weighted by atomic mass is 10.2. The average Bonchev–Trinajstić information content (AvgIpc) is 2.93. The molecule has 0 aliphatic carbocycles. The first-order chi connectivity index (χ1) is 12.5. The van der Waals surface area contributed by atoms with E-state index in [0.29, 0.717) is 10.2 Å². The second-order valence-corrected chi connectivity index (χ2v) is 5.95. The number of aryl methyl sites for hydroxylation is 1. The molecule has 0 bridgehead atoms. The Morgan fingerprint density at radius 3 is 2.44 bits per heavy atom.